The molecule has 0 aliphatic heterocycles. The molecule has 286 valence electrons. The molecule has 1 aliphatic rings. The molecule has 0 nitrogen and oxygen atoms in total. The molecule has 0 spiro atoms. The lowest BCUT2D eigenvalue weighted by atomic mass is 9.79. The first-order valence-corrected chi connectivity index (χ1v) is 21.4. The van der Waals surface area contributed by atoms with Crippen LogP contribution in [0.5, 0.6) is 0 Å². The molecule has 0 amide bonds. The molecule has 0 atom stereocenters. The average Bonchev–Trinajstić information content (AvgIpc) is 3.57. The van der Waals surface area contributed by atoms with Crippen LogP contribution in [0, 0.1) is 0 Å². The second-order valence-corrected chi connectivity index (χ2v) is 17.2. The highest BCUT2D eigenvalue weighted by molar-refractivity contribution is 6.22. The van der Waals surface area contributed by atoms with Gasteiger partial charge in [-0.2, -0.15) is 0 Å². The normalized spacial score (nSPS) is 12.9. The Labute approximate surface area is 357 Å². The number of benzene rings is 11. The molecule has 1 aliphatic carbocycles. The zero-order valence-electron chi connectivity index (χ0n) is 34.3. The Hall–Kier alpha value is -7.54. The highest BCUT2D eigenvalue weighted by atomic mass is 14.4. The number of fused-ring (bicyclic) bond motifs is 10. The van der Waals surface area contributed by atoms with E-state index in [1.807, 2.05) is 0 Å². The van der Waals surface area contributed by atoms with Crippen molar-refractivity contribution in [3.8, 4) is 66.8 Å². The van der Waals surface area contributed by atoms with Crippen molar-refractivity contribution < 1.29 is 0 Å². The fourth-order valence-corrected chi connectivity index (χ4v) is 10.6. The van der Waals surface area contributed by atoms with E-state index in [4.69, 9.17) is 0 Å². The Kier molecular flexibility index (Phi) is 7.99. The summed E-state index contributed by atoms with van der Waals surface area (Å²) in [5.41, 5.74) is 17.7. The SMILES string of the molecule is CC1(C)c2ccc(-c3c4ccccc4c(-c4ccc(-c5cc(-c6ccccc6)cc(-c6ccccc6)c5)cc4)c4ccccc34)cc2-c2c1c1ccccc1c1ccccc21. The van der Waals surface area contributed by atoms with Crippen LogP contribution in [0.1, 0.15) is 25.0 Å². The Morgan fingerprint density at radius 2 is 0.590 bits per heavy atom. The molecule has 0 radical (unpaired) electrons. The first kappa shape index (κ1) is 35.4. The van der Waals surface area contributed by atoms with E-state index in [9.17, 15) is 0 Å². The van der Waals surface area contributed by atoms with Crippen molar-refractivity contribution in [3.63, 3.8) is 0 Å². The summed E-state index contributed by atoms with van der Waals surface area (Å²) < 4.78 is 0. The fraction of sp³-hybridized carbons (Fsp3) is 0.0492. The van der Waals surface area contributed by atoms with Crippen molar-refractivity contribution in [2.24, 2.45) is 0 Å². The summed E-state index contributed by atoms with van der Waals surface area (Å²) in [5.74, 6) is 0. The standard InChI is InChI=1S/C61H42/c1-61(2)56-34-33-43(38-55(56)59-49-23-11-9-21-47(49)48-22-10-16-28-54(48)60(59)61)58-52-26-14-12-24-50(52)57(51-25-13-15-27-53(51)58)42-31-29-41(30-32-42)46-36-44(39-17-5-3-6-18-39)35-45(37-46)40-19-7-4-8-20-40/h3-38H,1-2H3. The summed E-state index contributed by atoms with van der Waals surface area (Å²) >= 11 is 0. The molecule has 0 aromatic heterocycles. The van der Waals surface area contributed by atoms with E-state index < -0.39 is 0 Å². The molecule has 0 heterocycles. The largest absolute Gasteiger partial charge is 0.0622 e. The topological polar surface area (TPSA) is 0 Å². The van der Waals surface area contributed by atoms with Gasteiger partial charge in [0.15, 0.2) is 0 Å². The minimum atomic E-state index is -0.140. The third-order valence-electron chi connectivity index (χ3n) is 13.4. The van der Waals surface area contributed by atoms with Crippen LogP contribution in [0.3, 0.4) is 0 Å². The summed E-state index contributed by atoms with van der Waals surface area (Å²) in [5, 5.41) is 10.4. The van der Waals surface area contributed by atoms with Crippen molar-refractivity contribution in [3.05, 3.63) is 230 Å². The van der Waals surface area contributed by atoms with Gasteiger partial charge >= 0.3 is 0 Å². The molecular formula is C61H42. The molecule has 0 unspecified atom stereocenters. The Bertz CT molecular complexity index is 3400. The van der Waals surface area contributed by atoms with Gasteiger partial charge in [0.2, 0.25) is 0 Å². The lowest BCUT2D eigenvalue weighted by Crippen LogP contribution is -2.15. The van der Waals surface area contributed by atoms with Gasteiger partial charge in [-0.1, -0.05) is 208 Å². The Morgan fingerprint density at radius 1 is 0.246 bits per heavy atom. The molecule has 0 fully saturated rings. The van der Waals surface area contributed by atoms with Crippen LogP contribution in [-0.2, 0) is 5.41 Å². The highest BCUT2D eigenvalue weighted by Crippen LogP contribution is 2.56. The van der Waals surface area contributed by atoms with E-state index in [1.165, 1.54) is 121 Å². The van der Waals surface area contributed by atoms with Gasteiger partial charge in [0.05, 0.1) is 0 Å². The maximum Gasteiger partial charge on any atom is 0.0165 e. The van der Waals surface area contributed by atoms with Gasteiger partial charge in [-0.15, -0.1) is 0 Å². The van der Waals surface area contributed by atoms with Crippen LogP contribution in [0.2, 0.25) is 0 Å². The van der Waals surface area contributed by atoms with Crippen LogP contribution in [0.4, 0.5) is 0 Å². The Morgan fingerprint density at radius 3 is 1.08 bits per heavy atom. The molecule has 11 aromatic carbocycles. The summed E-state index contributed by atoms with van der Waals surface area (Å²) in [4.78, 5) is 0. The zero-order chi connectivity index (χ0) is 40.7. The minimum Gasteiger partial charge on any atom is -0.0622 e. The third kappa shape index (κ3) is 5.53. The van der Waals surface area contributed by atoms with Crippen LogP contribution >= 0.6 is 0 Å². The second-order valence-electron chi connectivity index (χ2n) is 17.2. The molecule has 0 saturated heterocycles. The van der Waals surface area contributed by atoms with Gasteiger partial charge in [0.1, 0.15) is 0 Å². The predicted octanol–water partition coefficient (Wildman–Crippen LogP) is 16.9. The van der Waals surface area contributed by atoms with E-state index in [0.717, 1.165) is 0 Å². The number of hydrogen-bond acceptors (Lipinski definition) is 0. The van der Waals surface area contributed by atoms with Gasteiger partial charge in [-0.3, -0.25) is 0 Å². The van der Waals surface area contributed by atoms with E-state index in [2.05, 4.69) is 232 Å². The van der Waals surface area contributed by atoms with Crippen LogP contribution in [0.15, 0.2) is 218 Å². The number of hydrogen-bond donors (Lipinski definition) is 0. The van der Waals surface area contributed by atoms with Gasteiger partial charge in [-0.05, 0) is 145 Å². The minimum absolute atomic E-state index is 0.140. The smallest absolute Gasteiger partial charge is 0.0165 e. The average molecular weight is 775 g/mol. The van der Waals surface area contributed by atoms with Gasteiger partial charge in [0, 0.05) is 5.41 Å². The molecule has 12 rings (SSSR count). The lowest BCUT2D eigenvalue weighted by Gasteiger charge is -2.24. The lowest BCUT2D eigenvalue weighted by molar-refractivity contribution is 0.666. The third-order valence-corrected chi connectivity index (χ3v) is 13.4. The molecule has 61 heavy (non-hydrogen) atoms. The monoisotopic (exact) mass is 774 g/mol. The van der Waals surface area contributed by atoms with E-state index in [1.54, 1.807) is 0 Å². The molecule has 0 N–H and O–H groups in total. The molecular weight excluding hydrogens is 733 g/mol. The van der Waals surface area contributed by atoms with Gasteiger partial charge < -0.3 is 0 Å². The van der Waals surface area contributed by atoms with E-state index in [0.29, 0.717) is 0 Å². The molecule has 0 heteroatoms. The van der Waals surface area contributed by atoms with Crippen LogP contribution < -0.4 is 0 Å². The van der Waals surface area contributed by atoms with E-state index >= 15 is 0 Å². The van der Waals surface area contributed by atoms with Crippen molar-refractivity contribution in [1.82, 2.24) is 0 Å². The fourth-order valence-electron chi connectivity index (χ4n) is 10.6. The summed E-state index contributed by atoms with van der Waals surface area (Å²) in [7, 11) is 0. The zero-order valence-corrected chi connectivity index (χ0v) is 34.3. The summed E-state index contributed by atoms with van der Waals surface area (Å²) in [6.45, 7) is 4.82. The van der Waals surface area contributed by atoms with Gasteiger partial charge in [-0.25, -0.2) is 0 Å². The van der Waals surface area contributed by atoms with Crippen molar-refractivity contribution in [2.75, 3.05) is 0 Å². The maximum absolute atomic E-state index is 2.50. The highest BCUT2D eigenvalue weighted by Gasteiger charge is 2.38. The molecule has 0 bridgehead atoms. The maximum atomic E-state index is 2.50. The summed E-state index contributed by atoms with van der Waals surface area (Å²) in [6.07, 6.45) is 0. The van der Waals surface area contributed by atoms with Crippen molar-refractivity contribution in [1.29, 1.82) is 0 Å². The summed E-state index contributed by atoms with van der Waals surface area (Å²) in [6, 6.07) is 81.0. The van der Waals surface area contributed by atoms with Gasteiger partial charge in [0.25, 0.3) is 0 Å². The quantitative estimate of drug-likeness (QED) is 0.121. The van der Waals surface area contributed by atoms with E-state index in [-0.39, 0.29) is 5.41 Å². The molecule has 0 saturated carbocycles. The first-order valence-electron chi connectivity index (χ1n) is 21.4. The second kappa shape index (κ2) is 13.8. The molecule has 11 aromatic rings. The van der Waals surface area contributed by atoms with Crippen molar-refractivity contribution in [2.45, 2.75) is 19.3 Å². The first-order chi connectivity index (χ1) is 30.0. The Balaban J connectivity index is 1.03. The predicted molar refractivity (Wildman–Crippen MR) is 261 cm³/mol. The van der Waals surface area contributed by atoms with Crippen molar-refractivity contribution >= 4 is 43.1 Å². The number of rotatable bonds is 5. The van der Waals surface area contributed by atoms with Crippen LogP contribution in [0.25, 0.3) is 110 Å². The van der Waals surface area contributed by atoms with Crippen LogP contribution in [-0.4, -0.2) is 0 Å².